The number of ether oxygens (including phenoxy) is 1. The number of rotatable bonds is 3. The van der Waals surface area contributed by atoms with Gasteiger partial charge in [0.1, 0.15) is 5.75 Å². The molecule has 1 N–H and O–H groups in total. The Hall–Kier alpha value is -1.02. The summed E-state index contributed by atoms with van der Waals surface area (Å²) in [4.78, 5) is 0. The zero-order valence-corrected chi connectivity index (χ0v) is 9.55. The highest BCUT2D eigenvalue weighted by Crippen LogP contribution is 2.29. The lowest BCUT2D eigenvalue weighted by molar-refractivity contribution is 0.409. The zero-order chi connectivity index (χ0) is 10.7. The summed E-state index contributed by atoms with van der Waals surface area (Å²) < 4.78 is 5.28. The van der Waals surface area contributed by atoms with Gasteiger partial charge >= 0.3 is 0 Å². The molecule has 1 aromatic rings. The molecular weight excluding hydrogens is 186 g/mol. The normalized spacial score (nSPS) is 19.7. The second-order valence-electron chi connectivity index (χ2n) is 4.11. The number of hydrogen-bond donors (Lipinski definition) is 1. The fourth-order valence-electron chi connectivity index (χ4n) is 2.29. The van der Waals surface area contributed by atoms with Crippen LogP contribution < -0.4 is 10.1 Å². The van der Waals surface area contributed by atoms with E-state index in [0.717, 1.165) is 18.7 Å². The van der Waals surface area contributed by atoms with Crippen LogP contribution >= 0.6 is 0 Å². The molecule has 0 aliphatic carbocycles. The molecule has 0 saturated carbocycles. The Balaban J connectivity index is 2.30. The predicted octanol–water partition coefficient (Wildman–Crippen LogP) is 2.68. The highest BCUT2D eigenvalue weighted by atomic mass is 16.5. The van der Waals surface area contributed by atoms with Gasteiger partial charge in [0.25, 0.3) is 0 Å². The Morgan fingerprint density at radius 2 is 2.33 bits per heavy atom. The summed E-state index contributed by atoms with van der Waals surface area (Å²) in [6, 6.07) is 6.97. The van der Waals surface area contributed by atoms with Crippen molar-refractivity contribution in [1.29, 1.82) is 0 Å². The van der Waals surface area contributed by atoms with E-state index in [1.54, 1.807) is 7.11 Å². The molecule has 1 aliphatic heterocycles. The third-order valence-corrected chi connectivity index (χ3v) is 3.09. The first kappa shape index (κ1) is 10.5. The average Bonchev–Trinajstić information content (AvgIpc) is 2.29. The first-order chi connectivity index (χ1) is 7.35. The van der Waals surface area contributed by atoms with Gasteiger partial charge < -0.3 is 10.1 Å². The molecule has 2 nitrogen and oxygen atoms in total. The van der Waals surface area contributed by atoms with Gasteiger partial charge in [-0.05, 0) is 42.6 Å². The molecule has 1 atom stereocenters. The summed E-state index contributed by atoms with van der Waals surface area (Å²) in [6.07, 6.45) is 3.56. The molecule has 2 heteroatoms. The minimum absolute atomic E-state index is 0.522. The van der Waals surface area contributed by atoms with E-state index < -0.39 is 0 Å². The Morgan fingerprint density at radius 1 is 1.47 bits per heavy atom. The highest BCUT2D eigenvalue weighted by Gasteiger charge is 2.18. The second kappa shape index (κ2) is 4.67. The van der Waals surface area contributed by atoms with E-state index in [9.17, 15) is 0 Å². The number of benzene rings is 1. The van der Waals surface area contributed by atoms with Crippen molar-refractivity contribution in [3.63, 3.8) is 0 Å². The maximum atomic E-state index is 5.28. The molecule has 1 unspecified atom stereocenters. The first-order valence-corrected chi connectivity index (χ1v) is 5.75. The molecule has 0 radical (unpaired) electrons. The molecule has 0 bridgehead atoms. The lowest BCUT2D eigenvalue weighted by atomic mass is 9.91. The van der Waals surface area contributed by atoms with Gasteiger partial charge in [0.05, 0.1) is 7.11 Å². The van der Waals surface area contributed by atoms with Crippen LogP contribution in [0.15, 0.2) is 18.2 Å². The van der Waals surface area contributed by atoms with Crippen molar-refractivity contribution in [2.75, 3.05) is 13.7 Å². The van der Waals surface area contributed by atoms with Crippen molar-refractivity contribution in [3.8, 4) is 5.75 Å². The van der Waals surface area contributed by atoms with Crippen LogP contribution in [0.2, 0.25) is 0 Å². The van der Waals surface area contributed by atoms with Crippen LogP contribution in [0.3, 0.4) is 0 Å². The molecule has 0 saturated heterocycles. The van der Waals surface area contributed by atoms with Crippen LogP contribution in [0.5, 0.6) is 5.75 Å². The minimum atomic E-state index is 0.522. The molecule has 82 valence electrons. The van der Waals surface area contributed by atoms with Gasteiger partial charge in [-0.15, -0.1) is 0 Å². The maximum Gasteiger partial charge on any atom is 0.119 e. The monoisotopic (exact) mass is 205 g/mol. The van der Waals surface area contributed by atoms with Gasteiger partial charge in [-0.2, -0.15) is 0 Å². The largest absolute Gasteiger partial charge is 0.497 e. The van der Waals surface area contributed by atoms with E-state index in [-0.39, 0.29) is 0 Å². The van der Waals surface area contributed by atoms with Gasteiger partial charge in [-0.25, -0.2) is 0 Å². The lowest BCUT2D eigenvalue weighted by Gasteiger charge is -2.27. The molecule has 2 rings (SSSR count). The van der Waals surface area contributed by atoms with E-state index in [4.69, 9.17) is 4.74 Å². The SMILES string of the molecule is CCCC1NCCc2ccc(OC)cc21. The number of methoxy groups -OCH3 is 1. The summed E-state index contributed by atoms with van der Waals surface area (Å²) in [5.74, 6) is 0.971. The molecule has 15 heavy (non-hydrogen) atoms. The van der Waals surface area contributed by atoms with E-state index in [2.05, 4.69) is 30.4 Å². The van der Waals surface area contributed by atoms with E-state index in [0.29, 0.717) is 6.04 Å². The van der Waals surface area contributed by atoms with Crippen molar-refractivity contribution < 1.29 is 4.74 Å². The highest BCUT2D eigenvalue weighted by molar-refractivity contribution is 5.39. The Labute approximate surface area is 91.6 Å². The quantitative estimate of drug-likeness (QED) is 0.819. The fraction of sp³-hybridized carbons (Fsp3) is 0.538. The summed E-state index contributed by atoms with van der Waals surface area (Å²) in [6.45, 7) is 3.33. The first-order valence-electron chi connectivity index (χ1n) is 5.75. The zero-order valence-electron chi connectivity index (χ0n) is 9.55. The van der Waals surface area contributed by atoms with E-state index in [1.807, 2.05) is 0 Å². The molecule has 1 heterocycles. The summed E-state index contributed by atoms with van der Waals surface area (Å²) in [5, 5.41) is 3.57. The molecule has 0 spiro atoms. The summed E-state index contributed by atoms with van der Waals surface area (Å²) in [5.41, 5.74) is 2.91. The van der Waals surface area contributed by atoms with Crippen molar-refractivity contribution >= 4 is 0 Å². The lowest BCUT2D eigenvalue weighted by Crippen LogP contribution is -2.29. The molecule has 1 aliphatic rings. The van der Waals surface area contributed by atoms with Crippen molar-refractivity contribution in [2.24, 2.45) is 0 Å². The standard InChI is InChI=1S/C13H19NO/c1-3-4-13-12-9-11(15-2)6-5-10(12)7-8-14-13/h5-6,9,13-14H,3-4,7-8H2,1-2H3. The number of hydrogen-bond acceptors (Lipinski definition) is 2. The van der Waals surface area contributed by atoms with Crippen LogP contribution in [0.1, 0.15) is 36.9 Å². The summed E-state index contributed by atoms with van der Waals surface area (Å²) in [7, 11) is 1.73. The van der Waals surface area contributed by atoms with E-state index >= 15 is 0 Å². The Bertz CT molecular complexity index is 335. The third-order valence-electron chi connectivity index (χ3n) is 3.09. The Kier molecular flexibility index (Phi) is 3.27. The van der Waals surface area contributed by atoms with Crippen LogP contribution in [0, 0.1) is 0 Å². The molecule has 0 amide bonds. The smallest absolute Gasteiger partial charge is 0.119 e. The third kappa shape index (κ3) is 2.15. The molecule has 0 fully saturated rings. The predicted molar refractivity (Wildman–Crippen MR) is 62.3 cm³/mol. The number of fused-ring (bicyclic) bond motifs is 1. The van der Waals surface area contributed by atoms with Gasteiger partial charge in [0.15, 0.2) is 0 Å². The average molecular weight is 205 g/mol. The fourth-order valence-corrected chi connectivity index (χ4v) is 2.29. The minimum Gasteiger partial charge on any atom is -0.497 e. The Morgan fingerprint density at radius 3 is 3.07 bits per heavy atom. The van der Waals surface area contributed by atoms with Gasteiger partial charge in [0.2, 0.25) is 0 Å². The topological polar surface area (TPSA) is 21.3 Å². The molecule has 0 aromatic heterocycles. The molecular formula is C13H19NO. The van der Waals surface area contributed by atoms with Crippen LogP contribution in [-0.4, -0.2) is 13.7 Å². The van der Waals surface area contributed by atoms with Crippen LogP contribution in [0.4, 0.5) is 0 Å². The van der Waals surface area contributed by atoms with Crippen molar-refractivity contribution in [1.82, 2.24) is 5.32 Å². The van der Waals surface area contributed by atoms with E-state index in [1.165, 1.54) is 24.0 Å². The molecule has 1 aromatic carbocycles. The van der Waals surface area contributed by atoms with Crippen molar-refractivity contribution in [2.45, 2.75) is 32.2 Å². The summed E-state index contributed by atoms with van der Waals surface area (Å²) >= 11 is 0. The number of nitrogens with one attached hydrogen (secondary N) is 1. The van der Waals surface area contributed by atoms with Crippen molar-refractivity contribution in [3.05, 3.63) is 29.3 Å². The van der Waals surface area contributed by atoms with Crippen LogP contribution in [-0.2, 0) is 6.42 Å². The van der Waals surface area contributed by atoms with Gasteiger partial charge in [0, 0.05) is 6.04 Å². The van der Waals surface area contributed by atoms with Gasteiger partial charge in [-0.3, -0.25) is 0 Å². The van der Waals surface area contributed by atoms with Crippen LogP contribution in [0.25, 0.3) is 0 Å². The van der Waals surface area contributed by atoms with Gasteiger partial charge in [-0.1, -0.05) is 19.4 Å². The maximum absolute atomic E-state index is 5.28. The second-order valence-corrected chi connectivity index (χ2v) is 4.11.